The average molecular weight is 365 g/mol. The molecule has 0 spiro atoms. The average Bonchev–Trinajstić information content (AvgIpc) is 3.09. The molecule has 3 rings (SSSR count). The predicted octanol–water partition coefficient (Wildman–Crippen LogP) is 2.11. The van der Waals surface area contributed by atoms with Crippen molar-refractivity contribution in [3.05, 3.63) is 65.7 Å². The number of carbonyl (C=O) groups excluding carboxylic acids is 3. The molecule has 27 heavy (non-hydrogen) atoms. The molecular weight excluding hydrogens is 342 g/mol. The van der Waals surface area contributed by atoms with Gasteiger partial charge in [0.2, 0.25) is 11.8 Å². The van der Waals surface area contributed by atoms with E-state index in [0.717, 1.165) is 11.3 Å². The number of nitrogens with zero attached hydrogens (tertiary/aromatic N) is 1. The van der Waals surface area contributed by atoms with Crippen molar-refractivity contribution in [3.8, 4) is 0 Å². The van der Waals surface area contributed by atoms with Gasteiger partial charge in [-0.3, -0.25) is 14.4 Å². The van der Waals surface area contributed by atoms with Gasteiger partial charge >= 0.3 is 0 Å². The Balaban J connectivity index is 1.58. The number of anilines is 1. The summed E-state index contributed by atoms with van der Waals surface area (Å²) in [7, 11) is 0. The van der Waals surface area contributed by atoms with Crippen molar-refractivity contribution in [1.82, 2.24) is 10.6 Å². The van der Waals surface area contributed by atoms with Crippen LogP contribution >= 0.6 is 0 Å². The van der Waals surface area contributed by atoms with E-state index in [2.05, 4.69) is 10.6 Å². The Morgan fingerprint density at radius 2 is 1.85 bits per heavy atom. The quantitative estimate of drug-likeness (QED) is 0.823. The van der Waals surface area contributed by atoms with Crippen LogP contribution in [0.3, 0.4) is 0 Å². The van der Waals surface area contributed by atoms with Gasteiger partial charge in [0.25, 0.3) is 5.91 Å². The molecule has 0 aliphatic carbocycles. The normalized spacial score (nSPS) is 16.3. The van der Waals surface area contributed by atoms with Crippen molar-refractivity contribution in [1.29, 1.82) is 0 Å². The molecule has 1 saturated heterocycles. The molecule has 0 radical (unpaired) electrons. The summed E-state index contributed by atoms with van der Waals surface area (Å²) in [6.45, 7) is 3.13. The summed E-state index contributed by atoms with van der Waals surface area (Å²) in [6.07, 6.45) is 0.208. The highest BCUT2D eigenvalue weighted by Gasteiger charge is 2.34. The fourth-order valence-electron chi connectivity index (χ4n) is 3.16. The van der Waals surface area contributed by atoms with Gasteiger partial charge < -0.3 is 15.5 Å². The first-order valence-electron chi connectivity index (χ1n) is 9.08. The fraction of sp³-hybridized carbons (Fsp3) is 0.286. The van der Waals surface area contributed by atoms with Crippen molar-refractivity contribution in [2.75, 3.05) is 18.0 Å². The zero-order valence-electron chi connectivity index (χ0n) is 15.3. The van der Waals surface area contributed by atoms with Crippen molar-refractivity contribution in [2.24, 2.45) is 5.92 Å². The molecule has 2 aromatic rings. The van der Waals surface area contributed by atoms with E-state index < -0.39 is 0 Å². The molecule has 140 valence electrons. The van der Waals surface area contributed by atoms with Gasteiger partial charge in [0.1, 0.15) is 0 Å². The number of benzene rings is 2. The van der Waals surface area contributed by atoms with Crippen LogP contribution in [-0.2, 0) is 16.1 Å². The van der Waals surface area contributed by atoms with Gasteiger partial charge in [-0.2, -0.15) is 0 Å². The summed E-state index contributed by atoms with van der Waals surface area (Å²) in [6, 6.07) is 16.5. The predicted molar refractivity (Wildman–Crippen MR) is 103 cm³/mol. The zero-order valence-corrected chi connectivity index (χ0v) is 15.3. The molecule has 6 nitrogen and oxygen atoms in total. The van der Waals surface area contributed by atoms with Gasteiger partial charge in [-0.1, -0.05) is 30.3 Å². The zero-order chi connectivity index (χ0) is 19.2. The number of rotatable bonds is 6. The van der Waals surface area contributed by atoms with E-state index >= 15 is 0 Å². The van der Waals surface area contributed by atoms with Gasteiger partial charge in [-0.15, -0.1) is 0 Å². The molecule has 0 aromatic heterocycles. The number of hydrogen-bond acceptors (Lipinski definition) is 3. The summed E-state index contributed by atoms with van der Waals surface area (Å²) >= 11 is 0. The molecule has 1 aliphatic heterocycles. The molecule has 2 aromatic carbocycles. The summed E-state index contributed by atoms with van der Waals surface area (Å²) in [5.74, 6) is -0.695. The fourth-order valence-corrected chi connectivity index (χ4v) is 3.16. The summed E-state index contributed by atoms with van der Waals surface area (Å²) in [5, 5.41) is 5.64. The lowest BCUT2D eigenvalue weighted by Gasteiger charge is -2.16. The second kappa shape index (κ2) is 8.49. The summed E-state index contributed by atoms with van der Waals surface area (Å²) in [4.78, 5) is 38.3. The Bertz CT molecular complexity index is 836. The monoisotopic (exact) mass is 365 g/mol. The van der Waals surface area contributed by atoms with Gasteiger partial charge in [-0.05, 0) is 36.8 Å². The highest BCUT2D eigenvalue weighted by atomic mass is 16.2. The SMILES string of the molecule is CCNC(=O)c1cccc(CNC(=O)[C@@H]2CC(=O)N(c3ccccc3)C2)c1. The van der Waals surface area contributed by atoms with Crippen LogP contribution in [0.4, 0.5) is 5.69 Å². The Morgan fingerprint density at radius 3 is 2.59 bits per heavy atom. The maximum atomic E-state index is 12.5. The number of nitrogens with one attached hydrogen (secondary N) is 2. The maximum absolute atomic E-state index is 12.5. The number of para-hydroxylation sites is 1. The van der Waals surface area contributed by atoms with Crippen LogP contribution in [0.1, 0.15) is 29.3 Å². The molecule has 1 atom stereocenters. The van der Waals surface area contributed by atoms with Crippen LogP contribution in [0.25, 0.3) is 0 Å². The molecule has 0 bridgehead atoms. The number of hydrogen-bond donors (Lipinski definition) is 2. The van der Waals surface area contributed by atoms with E-state index in [4.69, 9.17) is 0 Å². The van der Waals surface area contributed by atoms with Crippen LogP contribution in [0.5, 0.6) is 0 Å². The molecule has 3 amide bonds. The first-order chi connectivity index (χ1) is 13.1. The first kappa shape index (κ1) is 18.6. The third-order valence-corrected chi connectivity index (χ3v) is 4.56. The van der Waals surface area contributed by atoms with Crippen molar-refractivity contribution < 1.29 is 14.4 Å². The minimum Gasteiger partial charge on any atom is -0.352 e. The standard InChI is InChI=1S/C21H23N3O3/c1-2-22-20(26)16-8-6-7-15(11-16)13-23-21(27)17-12-19(25)24(14-17)18-9-4-3-5-10-18/h3-11,17H,2,12-14H2,1H3,(H,22,26)(H,23,27)/t17-/m1/s1. The maximum Gasteiger partial charge on any atom is 0.251 e. The lowest BCUT2D eigenvalue weighted by Crippen LogP contribution is -2.32. The Morgan fingerprint density at radius 1 is 1.07 bits per heavy atom. The molecule has 0 unspecified atom stereocenters. The van der Waals surface area contributed by atoms with Gasteiger partial charge in [0, 0.05) is 37.3 Å². The van der Waals surface area contributed by atoms with E-state index in [1.807, 2.05) is 43.3 Å². The molecule has 2 N–H and O–H groups in total. The first-order valence-corrected chi connectivity index (χ1v) is 9.08. The Kier molecular flexibility index (Phi) is 5.86. The van der Waals surface area contributed by atoms with E-state index in [1.54, 1.807) is 23.1 Å². The minimum absolute atomic E-state index is 0.0421. The third kappa shape index (κ3) is 4.53. The number of carbonyl (C=O) groups is 3. The third-order valence-electron chi connectivity index (χ3n) is 4.56. The van der Waals surface area contributed by atoms with Crippen molar-refractivity contribution in [2.45, 2.75) is 19.9 Å². The van der Waals surface area contributed by atoms with Crippen molar-refractivity contribution >= 4 is 23.4 Å². The lowest BCUT2D eigenvalue weighted by atomic mass is 10.1. The molecule has 1 aliphatic rings. The van der Waals surface area contributed by atoms with E-state index in [-0.39, 0.29) is 30.1 Å². The Hall–Kier alpha value is -3.15. The minimum atomic E-state index is -0.371. The van der Waals surface area contributed by atoms with Gasteiger partial charge in [0.05, 0.1) is 5.92 Å². The van der Waals surface area contributed by atoms with Crippen LogP contribution in [0, 0.1) is 5.92 Å². The molecule has 6 heteroatoms. The highest BCUT2D eigenvalue weighted by molar-refractivity contribution is 6.00. The second-order valence-electron chi connectivity index (χ2n) is 6.52. The topological polar surface area (TPSA) is 78.5 Å². The summed E-state index contributed by atoms with van der Waals surface area (Å²) < 4.78 is 0. The highest BCUT2D eigenvalue weighted by Crippen LogP contribution is 2.24. The second-order valence-corrected chi connectivity index (χ2v) is 6.52. The van der Waals surface area contributed by atoms with E-state index in [0.29, 0.717) is 25.2 Å². The van der Waals surface area contributed by atoms with Crippen molar-refractivity contribution in [3.63, 3.8) is 0 Å². The van der Waals surface area contributed by atoms with Crippen LogP contribution in [0.15, 0.2) is 54.6 Å². The van der Waals surface area contributed by atoms with Gasteiger partial charge in [0.15, 0.2) is 0 Å². The largest absolute Gasteiger partial charge is 0.352 e. The molecular formula is C21H23N3O3. The van der Waals surface area contributed by atoms with E-state index in [1.165, 1.54) is 0 Å². The van der Waals surface area contributed by atoms with Crippen LogP contribution in [-0.4, -0.2) is 30.8 Å². The summed E-state index contributed by atoms with van der Waals surface area (Å²) in [5.41, 5.74) is 2.22. The Labute approximate surface area is 158 Å². The van der Waals surface area contributed by atoms with Crippen LogP contribution in [0.2, 0.25) is 0 Å². The molecule has 1 heterocycles. The molecule has 1 fully saturated rings. The van der Waals surface area contributed by atoms with Gasteiger partial charge in [-0.25, -0.2) is 0 Å². The lowest BCUT2D eigenvalue weighted by molar-refractivity contribution is -0.126. The molecule has 0 saturated carbocycles. The van der Waals surface area contributed by atoms with Crippen LogP contribution < -0.4 is 15.5 Å². The number of amides is 3. The smallest absolute Gasteiger partial charge is 0.251 e. The van der Waals surface area contributed by atoms with E-state index in [9.17, 15) is 14.4 Å².